The van der Waals surface area contributed by atoms with Crippen LogP contribution in [0.3, 0.4) is 0 Å². The SMILES string of the molecule is COc1ccc([N+](=O)[O-])c2cccnc12.O=[N+]([O-])O.O=[N+]([O-])O.O=[N+]([O-])O. The monoisotopic (exact) mass is 393 g/mol. The number of nitrogens with zero attached hydrogens (tertiary/aromatic N) is 5. The van der Waals surface area contributed by atoms with Crippen molar-refractivity contribution in [2.75, 3.05) is 7.11 Å². The van der Waals surface area contributed by atoms with Gasteiger partial charge in [-0.25, -0.2) is 0 Å². The van der Waals surface area contributed by atoms with Crippen LogP contribution in [-0.4, -0.2) is 47.9 Å². The number of methoxy groups -OCH3 is 1. The summed E-state index contributed by atoms with van der Waals surface area (Å²) < 4.78 is 5.08. The smallest absolute Gasteiger partial charge is 0.291 e. The molecule has 27 heavy (non-hydrogen) atoms. The van der Waals surface area contributed by atoms with Crippen LogP contribution < -0.4 is 4.74 Å². The maximum Gasteiger partial charge on any atom is 0.291 e. The summed E-state index contributed by atoms with van der Waals surface area (Å²) >= 11 is 0. The second-order valence-electron chi connectivity index (χ2n) is 3.66. The lowest BCUT2D eigenvalue weighted by molar-refractivity contribution is -0.742. The van der Waals surface area contributed by atoms with E-state index >= 15 is 0 Å². The van der Waals surface area contributed by atoms with Crippen molar-refractivity contribution in [3.05, 3.63) is 70.9 Å². The van der Waals surface area contributed by atoms with Crippen molar-refractivity contribution in [3.63, 3.8) is 0 Å². The summed E-state index contributed by atoms with van der Waals surface area (Å²) in [4.78, 5) is 39.5. The maximum absolute atomic E-state index is 10.8. The molecule has 0 saturated carbocycles. The van der Waals surface area contributed by atoms with Crippen LogP contribution in [0.4, 0.5) is 5.69 Å². The molecule has 2 aromatic rings. The fourth-order valence-corrected chi connectivity index (χ4v) is 1.46. The lowest BCUT2D eigenvalue weighted by Crippen LogP contribution is -1.93. The molecule has 148 valence electrons. The Morgan fingerprint density at radius 3 is 1.70 bits per heavy atom. The van der Waals surface area contributed by atoms with Crippen molar-refractivity contribution >= 4 is 16.6 Å². The summed E-state index contributed by atoms with van der Waals surface area (Å²) in [5, 5.41) is 52.2. The molecule has 0 aliphatic rings. The first-order valence-electron chi connectivity index (χ1n) is 5.99. The van der Waals surface area contributed by atoms with E-state index in [0.29, 0.717) is 16.7 Å². The second-order valence-corrected chi connectivity index (χ2v) is 3.66. The molecule has 0 spiro atoms. The number of aromatic nitrogens is 1. The molecule has 1 aromatic heterocycles. The zero-order chi connectivity index (χ0) is 21.6. The van der Waals surface area contributed by atoms with Crippen molar-refractivity contribution < 1.29 is 40.5 Å². The first-order chi connectivity index (χ1) is 12.4. The molecule has 0 fully saturated rings. The van der Waals surface area contributed by atoms with Gasteiger partial charge in [0.05, 0.1) is 17.4 Å². The van der Waals surface area contributed by atoms with Gasteiger partial charge in [0.25, 0.3) is 20.9 Å². The highest BCUT2D eigenvalue weighted by Gasteiger charge is 2.14. The number of ether oxygens (including phenoxy) is 1. The van der Waals surface area contributed by atoms with Crippen LogP contribution in [0.5, 0.6) is 5.75 Å². The molecular weight excluding hydrogens is 382 g/mol. The molecule has 0 bridgehead atoms. The second kappa shape index (κ2) is 12.8. The summed E-state index contributed by atoms with van der Waals surface area (Å²) in [6.07, 6.45) is 1.58. The number of benzene rings is 1. The fraction of sp³-hybridized carbons (Fsp3) is 0.100. The van der Waals surface area contributed by atoms with Crippen molar-refractivity contribution in [2.24, 2.45) is 0 Å². The lowest BCUT2D eigenvalue weighted by Gasteiger charge is -2.03. The molecule has 17 heteroatoms. The van der Waals surface area contributed by atoms with Crippen LogP contribution in [-0.2, 0) is 0 Å². The summed E-state index contributed by atoms with van der Waals surface area (Å²) in [7, 11) is 1.51. The van der Waals surface area contributed by atoms with E-state index in [0.717, 1.165) is 0 Å². The number of hydrogen-bond donors (Lipinski definition) is 3. The third-order valence-corrected chi connectivity index (χ3v) is 2.13. The Morgan fingerprint density at radius 1 is 0.889 bits per heavy atom. The highest BCUT2D eigenvalue weighted by molar-refractivity contribution is 5.92. The van der Waals surface area contributed by atoms with E-state index in [1.165, 1.54) is 13.2 Å². The van der Waals surface area contributed by atoms with Crippen LogP contribution in [0.2, 0.25) is 0 Å². The quantitative estimate of drug-likeness (QED) is 0.477. The number of non-ortho nitro benzene ring substituents is 1. The number of pyridine rings is 1. The minimum absolute atomic E-state index is 0.0406. The van der Waals surface area contributed by atoms with Gasteiger partial charge in [0.15, 0.2) is 0 Å². The van der Waals surface area contributed by atoms with Crippen molar-refractivity contribution in [1.82, 2.24) is 4.98 Å². The van der Waals surface area contributed by atoms with Gasteiger partial charge >= 0.3 is 0 Å². The van der Waals surface area contributed by atoms with Crippen LogP contribution >= 0.6 is 0 Å². The Kier molecular flexibility index (Phi) is 11.7. The summed E-state index contributed by atoms with van der Waals surface area (Å²) in [5.41, 5.74) is 0.549. The minimum Gasteiger partial charge on any atom is -0.494 e. The fourth-order valence-electron chi connectivity index (χ4n) is 1.46. The highest BCUT2D eigenvalue weighted by atomic mass is 16.9. The zero-order valence-corrected chi connectivity index (χ0v) is 13.1. The van der Waals surface area contributed by atoms with Crippen molar-refractivity contribution in [1.29, 1.82) is 0 Å². The first kappa shape index (κ1) is 24.7. The van der Waals surface area contributed by atoms with Crippen LogP contribution in [0.15, 0.2) is 30.5 Å². The summed E-state index contributed by atoms with van der Waals surface area (Å²) in [5.74, 6) is 0.538. The molecule has 0 aliphatic heterocycles. The van der Waals surface area contributed by atoms with E-state index in [9.17, 15) is 10.1 Å². The number of nitro benzene ring substituents is 1. The number of hydrogen-bond acceptors (Lipinski definition) is 10. The van der Waals surface area contributed by atoms with Gasteiger partial charge in [-0.3, -0.25) is 15.1 Å². The average Bonchev–Trinajstić information content (AvgIpc) is 2.52. The molecule has 0 radical (unpaired) electrons. The Labute approximate surface area is 147 Å². The lowest BCUT2D eigenvalue weighted by atomic mass is 10.1. The molecule has 0 atom stereocenters. The zero-order valence-electron chi connectivity index (χ0n) is 13.1. The largest absolute Gasteiger partial charge is 0.494 e. The molecule has 0 saturated heterocycles. The third-order valence-electron chi connectivity index (χ3n) is 2.13. The van der Waals surface area contributed by atoms with E-state index in [-0.39, 0.29) is 5.69 Å². The minimum atomic E-state index is -1.50. The van der Waals surface area contributed by atoms with Crippen molar-refractivity contribution in [2.45, 2.75) is 0 Å². The average molecular weight is 393 g/mol. The Bertz CT molecular complexity index is 757. The number of nitro groups is 1. The van der Waals surface area contributed by atoms with E-state index in [1.807, 2.05) is 0 Å². The standard InChI is InChI=1S/C10H8N2O3.3HNO3/c1-15-9-5-4-8(12(13)14)7-3-2-6-11-10(7)9;3*2-1(3)4/h2-6H,1H3;3*(H,2,3,4). The van der Waals surface area contributed by atoms with Gasteiger partial charge in [0.2, 0.25) is 0 Å². The molecule has 3 N–H and O–H groups in total. The summed E-state index contributed by atoms with van der Waals surface area (Å²) in [6.45, 7) is 0. The normalized spacial score (nSPS) is 8.33. The van der Waals surface area contributed by atoms with Gasteiger partial charge in [-0.05, 0) is 18.2 Å². The Morgan fingerprint density at radius 2 is 1.33 bits per heavy atom. The van der Waals surface area contributed by atoms with Gasteiger partial charge in [-0.15, -0.1) is 30.3 Å². The molecule has 1 heterocycles. The molecule has 2 rings (SSSR count). The molecule has 17 nitrogen and oxygen atoms in total. The van der Waals surface area contributed by atoms with Crippen LogP contribution in [0.25, 0.3) is 10.9 Å². The Hall–Kier alpha value is -4.57. The predicted molar refractivity (Wildman–Crippen MR) is 81.3 cm³/mol. The van der Waals surface area contributed by atoms with Crippen molar-refractivity contribution in [3.8, 4) is 5.75 Å². The first-order valence-corrected chi connectivity index (χ1v) is 5.99. The number of fused-ring (bicyclic) bond motifs is 1. The van der Waals surface area contributed by atoms with E-state index in [2.05, 4.69) is 4.98 Å². The van der Waals surface area contributed by atoms with E-state index in [1.54, 1.807) is 24.4 Å². The molecule has 0 unspecified atom stereocenters. The van der Waals surface area contributed by atoms with Gasteiger partial charge in [0, 0.05) is 12.3 Å². The van der Waals surface area contributed by atoms with Gasteiger partial charge < -0.3 is 20.4 Å². The molecular formula is C10H11N5O12. The summed E-state index contributed by atoms with van der Waals surface area (Å²) in [6, 6.07) is 6.29. The molecule has 0 aliphatic carbocycles. The van der Waals surface area contributed by atoms with Crippen LogP contribution in [0.1, 0.15) is 0 Å². The third kappa shape index (κ3) is 12.5. The molecule has 0 amide bonds. The maximum atomic E-state index is 10.8. The van der Waals surface area contributed by atoms with E-state index in [4.69, 9.17) is 50.7 Å². The van der Waals surface area contributed by atoms with Crippen LogP contribution in [0, 0.1) is 40.5 Å². The Balaban J connectivity index is 0. The topological polar surface area (TPSA) is 255 Å². The predicted octanol–water partition coefficient (Wildman–Crippen LogP) is 1.11. The molecule has 1 aromatic carbocycles. The number of rotatable bonds is 2. The van der Waals surface area contributed by atoms with E-state index < -0.39 is 20.2 Å². The highest BCUT2D eigenvalue weighted by Crippen LogP contribution is 2.30. The van der Waals surface area contributed by atoms with Gasteiger partial charge in [-0.1, -0.05) is 0 Å². The van der Waals surface area contributed by atoms with Gasteiger partial charge in [-0.2, -0.15) is 0 Å². The van der Waals surface area contributed by atoms with Gasteiger partial charge in [0.1, 0.15) is 11.3 Å².